The van der Waals surface area contributed by atoms with Crippen molar-refractivity contribution < 1.29 is 64.9 Å². The Morgan fingerprint density at radius 1 is 1.31 bits per heavy atom. The standard InChI is InChI=1S/C8H8O3S.K/c1-6(9)7-2-4-8(5-3-7)12(10)11;/h2-5H,1H3,(H,10,11);/q;+1/p-1. The van der Waals surface area contributed by atoms with Crippen LogP contribution in [0.15, 0.2) is 29.2 Å². The first kappa shape index (κ1) is 13.6. The molecule has 0 spiro atoms. The van der Waals surface area contributed by atoms with Crippen LogP contribution < -0.4 is 51.4 Å². The van der Waals surface area contributed by atoms with Crippen molar-refractivity contribution in [3.63, 3.8) is 0 Å². The summed E-state index contributed by atoms with van der Waals surface area (Å²) < 4.78 is 20.8. The Bertz CT molecular complexity index is 288. The fraction of sp³-hybridized carbons (Fsp3) is 0.125. The molecule has 0 amide bonds. The van der Waals surface area contributed by atoms with Crippen molar-refractivity contribution in [1.29, 1.82) is 0 Å². The largest absolute Gasteiger partial charge is 1.00 e. The minimum absolute atomic E-state index is 0. The number of carbonyl (C=O) groups is 1. The summed E-state index contributed by atoms with van der Waals surface area (Å²) in [5, 5.41) is 0. The molecule has 1 aromatic rings. The average Bonchev–Trinajstić information content (AvgIpc) is 2.04. The van der Waals surface area contributed by atoms with Crippen LogP contribution in [-0.4, -0.2) is 14.5 Å². The summed E-state index contributed by atoms with van der Waals surface area (Å²) in [4.78, 5) is 11.0. The summed E-state index contributed by atoms with van der Waals surface area (Å²) in [6.45, 7) is 1.43. The van der Waals surface area contributed by atoms with Gasteiger partial charge in [-0.15, -0.1) is 0 Å². The van der Waals surface area contributed by atoms with E-state index < -0.39 is 11.1 Å². The van der Waals surface area contributed by atoms with E-state index in [4.69, 9.17) is 0 Å². The maximum Gasteiger partial charge on any atom is 1.00 e. The summed E-state index contributed by atoms with van der Waals surface area (Å²) in [6.07, 6.45) is 0. The second-order valence-corrected chi connectivity index (χ2v) is 3.26. The summed E-state index contributed by atoms with van der Waals surface area (Å²) >= 11 is -2.21. The van der Waals surface area contributed by atoms with Crippen molar-refractivity contribution in [3.05, 3.63) is 29.8 Å². The molecule has 0 aliphatic heterocycles. The van der Waals surface area contributed by atoms with Gasteiger partial charge in [0.2, 0.25) is 0 Å². The molecule has 1 unspecified atom stereocenters. The SMILES string of the molecule is CC(=O)c1ccc(S(=O)[O-])cc1.[K+]. The number of carbonyl (C=O) groups excluding carboxylic acids is 1. The van der Waals surface area contributed by atoms with Gasteiger partial charge in [-0.2, -0.15) is 0 Å². The van der Waals surface area contributed by atoms with Crippen molar-refractivity contribution in [2.75, 3.05) is 0 Å². The van der Waals surface area contributed by atoms with E-state index in [2.05, 4.69) is 0 Å². The van der Waals surface area contributed by atoms with Gasteiger partial charge in [-0.25, -0.2) is 0 Å². The zero-order chi connectivity index (χ0) is 9.14. The van der Waals surface area contributed by atoms with Gasteiger partial charge in [0.05, 0.1) is 0 Å². The van der Waals surface area contributed by atoms with E-state index >= 15 is 0 Å². The number of benzene rings is 1. The maximum absolute atomic E-state index is 10.8. The Balaban J connectivity index is 0.00000144. The summed E-state index contributed by atoms with van der Waals surface area (Å²) in [5.74, 6) is -0.0711. The fourth-order valence-corrected chi connectivity index (χ4v) is 1.16. The quantitative estimate of drug-likeness (QED) is 0.335. The Kier molecular flexibility index (Phi) is 6.48. The molecule has 0 aromatic heterocycles. The number of ketones is 1. The zero-order valence-electron chi connectivity index (χ0n) is 7.44. The normalized spacial score (nSPS) is 11.5. The van der Waals surface area contributed by atoms with Crippen LogP contribution >= 0.6 is 0 Å². The van der Waals surface area contributed by atoms with Crippen LogP contribution in [0.5, 0.6) is 0 Å². The summed E-state index contributed by atoms with van der Waals surface area (Å²) in [7, 11) is 0. The van der Waals surface area contributed by atoms with E-state index in [0.29, 0.717) is 5.56 Å². The molecule has 1 aromatic carbocycles. The third kappa shape index (κ3) is 4.12. The van der Waals surface area contributed by atoms with Crippen LogP contribution in [0.4, 0.5) is 0 Å². The molecule has 0 N–H and O–H groups in total. The van der Waals surface area contributed by atoms with Gasteiger partial charge in [-0.1, -0.05) is 12.1 Å². The van der Waals surface area contributed by atoms with Crippen molar-refractivity contribution in [3.8, 4) is 0 Å². The Hall–Kier alpha value is 0.636. The summed E-state index contributed by atoms with van der Waals surface area (Å²) in [5.41, 5.74) is 0.518. The number of Topliss-reactive ketones (excluding diaryl/α,β-unsaturated/α-hetero) is 1. The van der Waals surface area contributed by atoms with Crippen LogP contribution in [0.25, 0.3) is 0 Å². The fourth-order valence-electron chi connectivity index (χ4n) is 0.801. The topological polar surface area (TPSA) is 57.2 Å². The van der Waals surface area contributed by atoms with Crippen LogP contribution in [0.2, 0.25) is 0 Å². The minimum Gasteiger partial charge on any atom is -0.768 e. The molecule has 5 heteroatoms. The molecule has 0 heterocycles. The average molecular weight is 222 g/mol. The van der Waals surface area contributed by atoms with Gasteiger partial charge < -0.3 is 4.55 Å². The van der Waals surface area contributed by atoms with Gasteiger partial charge in [0, 0.05) is 10.5 Å². The van der Waals surface area contributed by atoms with Gasteiger partial charge in [-0.05, 0) is 30.1 Å². The first-order valence-electron chi connectivity index (χ1n) is 3.31. The van der Waals surface area contributed by atoms with E-state index in [9.17, 15) is 13.6 Å². The maximum atomic E-state index is 10.8. The molecular formula is C8H7KO3S. The Morgan fingerprint density at radius 3 is 2.08 bits per heavy atom. The van der Waals surface area contributed by atoms with Crippen LogP contribution in [0, 0.1) is 0 Å². The Morgan fingerprint density at radius 2 is 1.77 bits per heavy atom. The van der Waals surface area contributed by atoms with Crippen LogP contribution in [0.1, 0.15) is 17.3 Å². The van der Waals surface area contributed by atoms with E-state index in [1.807, 2.05) is 0 Å². The van der Waals surface area contributed by atoms with E-state index in [-0.39, 0.29) is 62.1 Å². The molecule has 64 valence electrons. The van der Waals surface area contributed by atoms with Crippen molar-refractivity contribution in [2.24, 2.45) is 0 Å². The molecule has 0 aliphatic carbocycles. The van der Waals surface area contributed by atoms with Gasteiger partial charge in [0.25, 0.3) is 0 Å². The molecule has 0 saturated carbocycles. The molecule has 0 bridgehead atoms. The van der Waals surface area contributed by atoms with Crippen LogP contribution in [0.3, 0.4) is 0 Å². The number of hydrogen-bond acceptors (Lipinski definition) is 3. The molecule has 13 heavy (non-hydrogen) atoms. The number of hydrogen-bond donors (Lipinski definition) is 0. The molecule has 3 nitrogen and oxygen atoms in total. The monoisotopic (exact) mass is 222 g/mol. The molecule has 1 rings (SSSR count). The number of rotatable bonds is 2. The van der Waals surface area contributed by atoms with Gasteiger partial charge in [0.1, 0.15) is 0 Å². The molecule has 1 atom stereocenters. The van der Waals surface area contributed by atoms with Crippen molar-refractivity contribution >= 4 is 16.9 Å². The van der Waals surface area contributed by atoms with E-state index in [0.717, 1.165) is 0 Å². The zero-order valence-corrected chi connectivity index (χ0v) is 11.4. The molecule has 0 aliphatic rings. The molecular weight excluding hydrogens is 215 g/mol. The van der Waals surface area contributed by atoms with E-state index in [1.54, 1.807) is 0 Å². The first-order chi connectivity index (χ1) is 5.61. The summed E-state index contributed by atoms with van der Waals surface area (Å²) in [6, 6.07) is 5.79. The second kappa shape index (κ2) is 6.18. The minimum atomic E-state index is -2.21. The van der Waals surface area contributed by atoms with Crippen LogP contribution in [-0.2, 0) is 11.1 Å². The predicted octanol–water partition coefficient (Wildman–Crippen LogP) is -1.87. The molecule has 0 fully saturated rings. The Labute approximate surface area is 122 Å². The predicted molar refractivity (Wildman–Crippen MR) is 43.6 cm³/mol. The van der Waals surface area contributed by atoms with E-state index in [1.165, 1.54) is 31.2 Å². The third-order valence-corrected chi connectivity index (χ3v) is 2.11. The molecule has 0 saturated heterocycles. The first-order valence-corrected chi connectivity index (χ1v) is 4.39. The third-order valence-electron chi connectivity index (χ3n) is 1.45. The van der Waals surface area contributed by atoms with Gasteiger partial charge in [-0.3, -0.25) is 9.00 Å². The van der Waals surface area contributed by atoms with Gasteiger partial charge >= 0.3 is 51.4 Å². The second-order valence-electron chi connectivity index (χ2n) is 2.32. The van der Waals surface area contributed by atoms with Crippen molar-refractivity contribution in [1.82, 2.24) is 0 Å². The smallest absolute Gasteiger partial charge is 0.768 e. The van der Waals surface area contributed by atoms with Gasteiger partial charge in [0.15, 0.2) is 5.78 Å². The van der Waals surface area contributed by atoms with Crippen molar-refractivity contribution in [2.45, 2.75) is 11.8 Å². The molecule has 0 radical (unpaired) electrons.